The minimum absolute atomic E-state index is 0.121. The molecule has 0 aliphatic heterocycles. The summed E-state index contributed by atoms with van der Waals surface area (Å²) in [4.78, 5) is 22.4. The predicted molar refractivity (Wildman–Crippen MR) is 97.8 cm³/mol. The molecule has 2 rings (SSSR count). The van der Waals surface area contributed by atoms with Crippen LogP contribution >= 0.6 is 0 Å². The molecule has 0 aromatic heterocycles. The maximum atomic E-state index is 12.1. The zero-order valence-electron chi connectivity index (χ0n) is 14.4. The molecule has 0 unspecified atom stereocenters. The summed E-state index contributed by atoms with van der Waals surface area (Å²) < 4.78 is 5.12. The zero-order chi connectivity index (χ0) is 18.4. The molecule has 0 spiro atoms. The van der Waals surface area contributed by atoms with E-state index in [2.05, 4.69) is 19.2 Å². The molecule has 25 heavy (non-hydrogen) atoms. The number of amides is 1. The first-order chi connectivity index (χ1) is 11.9. The molecule has 0 atom stereocenters. The molecule has 2 aromatic carbocycles. The third-order valence-corrected chi connectivity index (χ3v) is 3.68. The standard InChI is InChI=1S/C19H20N2O4/c1-13(2)15-7-4-14(5-8-15)6-11-19(22)20-17-12-16(21(23)24)9-10-18(17)25-3/h4-13H,1-3H3,(H,20,22)/b11-6+. The van der Waals surface area contributed by atoms with Crippen molar-refractivity contribution in [2.75, 3.05) is 12.4 Å². The zero-order valence-corrected chi connectivity index (χ0v) is 14.4. The average Bonchev–Trinajstić information content (AvgIpc) is 2.60. The smallest absolute Gasteiger partial charge is 0.271 e. The number of non-ortho nitro benzene ring substituents is 1. The number of nitro groups is 1. The van der Waals surface area contributed by atoms with E-state index in [1.165, 1.54) is 36.9 Å². The SMILES string of the molecule is COc1ccc([N+](=O)[O-])cc1NC(=O)/C=C/c1ccc(C(C)C)cc1. The Kier molecular flexibility index (Phi) is 5.89. The van der Waals surface area contributed by atoms with E-state index in [-0.39, 0.29) is 11.4 Å². The summed E-state index contributed by atoms with van der Waals surface area (Å²) in [6.07, 6.45) is 3.06. The molecule has 0 heterocycles. The summed E-state index contributed by atoms with van der Waals surface area (Å²) in [6, 6.07) is 11.9. The first-order valence-corrected chi connectivity index (χ1v) is 7.82. The Hall–Kier alpha value is -3.15. The van der Waals surface area contributed by atoms with Crippen molar-refractivity contribution in [2.45, 2.75) is 19.8 Å². The number of hydrogen-bond donors (Lipinski definition) is 1. The number of rotatable bonds is 6. The second kappa shape index (κ2) is 8.10. The maximum Gasteiger partial charge on any atom is 0.271 e. The molecular formula is C19H20N2O4. The van der Waals surface area contributed by atoms with E-state index in [9.17, 15) is 14.9 Å². The minimum atomic E-state index is -0.527. The van der Waals surface area contributed by atoms with Gasteiger partial charge in [0.2, 0.25) is 5.91 Å². The Morgan fingerprint density at radius 2 is 1.88 bits per heavy atom. The third kappa shape index (κ3) is 4.91. The average molecular weight is 340 g/mol. The third-order valence-electron chi connectivity index (χ3n) is 3.68. The lowest BCUT2D eigenvalue weighted by Crippen LogP contribution is -2.09. The van der Waals surface area contributed by atoms with Crippen molar-refractivity contribution in [1.82, 2.24) is 0 Å². The van der Waals surface area contributed by atoms with E-state index in [1.54, 1.807) is 6.08 Å². The Morgan fingerprint density at radius 3 is 2.44 bits per heavy atom. The Morgan fingerprint density at radius 1 is 1.20 bits per heavy atom. The quantitative estimate of drug-likeness (QED) is 0.481. The van der Waals surface area contributed by atoms with Gasteiger partial charge < -0.3 is 10.1 Å². The highest BCUT2D eigenvalue weighted by Crippen LogP contribution is 2.28. The molecule has 6 heteroatoms. The van der Waals surface area contributed by atoms with Gasteiger partial charge in [0.15, 0.2) is 0 Å². The second-order valence-electron chi connectivity index (χ2n) is 5.79. The Bertz CT molecular complexity index is 796. The maximum absolute atomic E-state index is 12.1. The lowest BCUT2D eigenvalue weighted by Gasteiger charge is -2.08. The summed E-state index contributed by atoms with van der Waals surface area (Å²) in [5, 5.41) is 13.5. The fourth-order valence-electron chi connectivity index (χ4n) is 2.25. The van der Waals surface area contributed by atoms with Gasteiger partial charge in [-0.2, -0.15) is 0 Å². The van der Waals surface area contributed by atoms with Crippen LogP contribution in [0.4, 0.5) is 11.4 Å². The van der Waals surface area contributed by atoms with Crippen molar-refractivity contribution in [3.63, 3.8) is 0 Å². The highest BCUT2D eigenvalue weighted by Gasteiger charge is 2.12. The highest BCUT2D eigenvalue weighted by molar-refractivity contribution is 6.03. The summed E-state index contributed by atoms with van der Waals surface area (Å²) in [7, 11) is 1.43. The van der Waals surface area contributed by atoms with E-state index in [4.69, 9.17) is 4.74 Å². The number of nitrogens with one attached hydrogen (secondary N) is 1. The largest absolute Gasteiger partial charge is 0.495 e. The number of nitrogens with zero attached hydrogens (tertiary/aromatic N) is 1. The number of nitro benzene ring substituents is 1. The molecule has 0 saturated carbocycles. The monoisotopic (exact) mass is 340 g/mol. The number of methoxy groups -OCH3 is 1. The normalized spacial score (nSPS) is 10.9. The molecule has 6 nitrogen and oxygen atoms in total. The first kappa shape index (κ1) is 18.2. The van der Waals surface area contributed by atoms with Gasteiger partial charge in [-0.25, -0.2) is 0 Å². The minimum Gasteiger partial charge on any atom is -0.495 e. The van der Waals surface area contributed by atoms with Crippen LogP contribution in [0.1, 0.15) is 30.9 Å². The van der Waals surface area contributed by atoms with E-state index in [0.717, 1.165) is 5.56 Å². The van der Waals surface area contributed by atoms with Crippen LogP contribution in [0.25, 0.3) is 6.08 Å². The van der Waals surface area contributed by atoms with Crippen LogP contribution < -0.4 is 10.1 Å². The summed E-state index contributed by atoms with van der Waals surface area (Å²) in [5.41, 5.74) is 2.25. The van der Waals surface area contributed by atoms with E-state index in [1.807, 2.05) is 24.3 Å². The molecule has 0 bridgehead atoms. The van der Waals surface area contributed by atoms with Crippen LogP contribution in [0.3, 0.4) is 0 Å². The molecular weight excluding hydrogens is 320 g/mol. The Labute approximate surface area is 146 Å². The molecule has 2 aromatic rings. The lowest BCUT2D eigenvalue weighted by molar-refractivity contribution is -0.384. The van der Waals surface area contributed by atoms with Gasteiger partial charge in [-0.1, -0.05) is 38.1 Å². The molecule has 0 aliphatic rings. The lowest BCUT2D eigenvalue weighted by atomic mass is 10.0. The molecule has 0 radical (unpaired) electrons. The summed E-state index contributed by atoms with van der Waals surface area (Å²) in [5.74, 6) is 0.406. The fourth-order valence-corrected chi connectivity index (χ4v) is 2.25. The highest BCUT2D eigenvalue weighted by atomic mass is 16.6. The van der Waals surface area contributed by atoms with Crippen molar-refractivity contribution in [3.05, 3.63) is 69.8 Å². The van der Waals surface area contributed by atoms with Crippen molar-refractivity contribution < 1.29 is 14.5 Å². The van der Waals surface area contributed by atoms with Crippen LogP contribution in [0.15, 0.2) is 48.5 Å². The summed E-state index contributed by atoms with van der Waals surface area (Å²) in [6.45, 7) is 4.23. The van der Waals surface area contributed by atoms with Crippen molar-refractivity contribution in [2.24, 2.45) is 0 Å². The van der Waals surface area contributed by atoms with Crippen LogP contribution in [0, 0.1) is 10.1 Å². The van der Waals surface area contributed by atoms with Gasteiger partial charge in [0.05, 0.1) is 17.7 Å². The van der Waals surface area contributed by atoms with Crippen molar-refractivity contribution in [3.8, 4) is 5.75 Å². The van der Waals surface area contributed by atoms with Crippen LogP contribution in [0.2, 0.25) is 0 Å². The van der Waals surface area contributed by atoms with Gasteiger partial charge in [0.25, 0.3) is 5.69 Å². The van der Waals surface area contributed by atoms with Crippen LogP contribution in [-0.2, 0) is 4.79 Å². The molecule has 130 valence electrons. The number of benzene rings is 2. The number of carbonyl (C=O) groups is 1. The topological polar surface area (TPSA) is 81.5 Å². The van der Waals surface area contributed by atoms with Gasteiger partial charge >= 0.3 is 0 Å². The molecule has 0 aliphatic carbocycles. The van der Waals surface area contributed by atoms with E-state index >= 15 is 0 Å². The van der Waals surface area contributed by atoms with E-state index < -0.39 is 10.8 Å². The van der Waals surface area contributed by atoms with Crippen molar-refractivity contribution in [1.29, 1.82) is 0 Å². The van der Waals surface area contributed by atoms with Gasteiger partial charge in [0, 0.05) is 18.2 Å². The number of ether oxygens (including phenoxy) is 1. The number of carbonyl (C=O) groups excluding carboxylic acids is 1. The first-order valence-electron chi connectivity index (χ1n) is 7.82. The van der Waals surface area contributed by atoms with Crippen LogP contribution in [0.5, 0.6) is 5.75 Å². The van der Waals surface area contributed by atoms with Crippen molar-refractivity contribution >= 4 is 23.4 Å². The van der Waals surface area contributed by atoms with Gasteiger partial charge in [-0.3, -0.25) is 14.9 Å². The fraction of sp³-hybridized carbons (Fsp3) is 0.211. The van der Waals surface area contributed by atoms with Gasteiger partial charge in [-0.15, -0.1) is 0 Å². The molecule has 1 amide bonds. The molecule has 0 fully saturated rings. The number of anilines is 1. The summed E-state index contributed by atoms with van der Waals surface area (Å²) >= 11 is 0. The van der Waals surface area contributed by atoms with Crippen LogP contribution in [-0.4, -0.2) is 17.9 Å². The predicted octanol–water partition coefficient (Wildman–Crippen LogP) is 4.38. The van der Waals surface area contributed by atoms with Gasteiger partial charge in [-0.05, 0) is 29.2 Å². The second-order valence-corrected chi connectivity index (χ2v) is 5.79. The Balaban J connectivity index is 2.11. The molecule has 1 N–H and O–H groups in total. The molecule has 0 saturated heterocycles. The van der Waals surface area contributed by atoms with E-state index in [0.29, 0.717) is 11.7 Å². The van der Waals surface area contributed by atoms with Gasteiger partial charge in [0.1, 0.15) is 5.75 Å². The number of hydrogen-bond acceptors (Lipinski definition) is 4.